The lowest BCUT2D eigenvalue weighted by Crippen LogP contribution is -2.27. The van der Waals surface area contributed by atoms with E-state index >= 15 is 0 Å². The van der Waals surface area contributed by atoms with Gasteiger partial charge in [0, 0.05) is 9.35 Å². The van der Waals surface area contributed by atoms with Crippen LogP contribution in [0.2, 0.25) is 0 Å². The van der Waals surface area contributed by atoms with Crippen LogP contribution in [-0.2, 0) is 17.6 Å². The fourth-order valence-electron chi connectivity index (χ4n) is 3.52. The number of nitrogens with two attached hydrogens (primary N) is 1. The molecule has 2 amide bonds. The van der Waals surface area contributed by atoms with Crippen molar-refractivity contribution in [2.24, 2.45) is 17.1 Å². The zero-order valence-electron chi connectivity index (χ0n) is 16.3. The number of hydrogen-bond donors (Lipinski definition) is 2. The number of thiophene rings is 1. The van der Waals surface area contributed by atoms with E-state index in [1.54, 1.807) is 12.1 Å². The maximum Gasteiger partial charge on any atom is 0.262 e. The van der Waals surface area contributed by atoms with Crippen LogP contribution >= 0.6 is 27.3 Å². The molecule has 0 bridgehead atoms. The predicted molar refractivity (Wildman–Crippen MR) is 116 cm³/mol. The second-order valence-electron chi connectivity index (χ2n) is 8.17. The number of halogens is 1. The second kappa shape index (κ2) is 8.25. The summed E-state index contributed by atoms with van der Waals surface area (Å²) in [7, 11) is 0. The highest BCUT2D eigenvalue weighted by atomic mass is 79.9. The smallest absolute Gasteiger partial charge is 0.262 e. The van der Waals surface area contributed by atoms with E-state index in [1.807, 2.05) is 12.1 Å². The van der Waals surface area contributed by atoms with Crippen molar-refractivity contribution < 1.29 is 14.3 Å². The summed E-state index contributed by atoms with van der Waals surface area (Å²) in [4.78, 5) is 25.6. The molecule has 0 aliphatic heterocycles. The molecule has 1 aromatic heterocycles. The van der Waals surface area contributed by atoms with Crippen molar-refractivity contribution in [2.75, 3.05) is 11.9 Å². The van der Waals surface area contributed by atoms with Gasteiger partial charge in [0.05, 0.1) is 5.56 Å². The van der Waals surface area contributed by atoms with Crippen molar-refractivity contribution in [2.45, 2.75) is 40.0 Å². The van der Waals surface area contributed by atoms with Crippen molar-refractivity contribution in [3.63, 3.8) is 0 Å². The van der Waals surface area contributed by atoms with E-state index in [1.165, 1.54) is 11.3 Å². The molecule has 3 N–H and O–H groups in total. The summed E-state index contributed by atoms with van der Waals surface area (Å²) in [5.74, 6) is 0.350. The number of rotatable bonds is 5. The van der Waals surface area contributed by atoms with Crippen LogP contribution in [0.4, 0.5) is 5.00 Å². The molecule has 3 rings (SSSR count). The number of carbonyl (C=O) groups is 2. The van der Waals surface area contributed by atoms with Crippen LogP contribution in [0.25, 0.3) is 0 Å². The van der Waals surface area contributed by atoms with Gasteiger partial charge in [-0.2, -0.15) is 0 Å². The number of amides is 2. The summed E-state index contributed by atoms with van der Waals surface area (Å²) in [5.41, 5.74) is 7.31. The third-order valence-corrected chi connectivity index (χ3v) is 6.87. The lowest BCUT2D eigenvalue weighted by Gasteiger charge is -2.33. The molecule has 1 aliphatic carbocycles. The quantitative estimate of drug-likeness (QED) is 0.667. The minimum Gasteiger partial charge on any atom is -0.484 e. The average Bonchev–Trinajstić information content (AvgIpc) is 2.97. The first-order chi connectivity index (χ1) is 13.1. The van der Waals surface area contributed by atoms with Gasteiger partial charge in [-0.3, -0.25) is 9.59 Å². The summed E-state index contributed by atoms with van der Waals surface area (Å²) in [5, 5.41) is 3.37. The van der Waals surface area contributed by atoms with Crippen LogP contribution in [0.15, 0.2) is 28.7 Å². The van der Waals surface area contributed by atoms with Gasteiger partial charge in [0.15, 0.2) is 6.61 Å². The highest BCUT2D eigenvalue weighted by molar-refractivity contribution is 9.10. The monoisotopic (exact) mass is 464 g/mol. The molecule has 0 fully saturated rings. The molecule has 0 spiro atoms. The number of carbonyl (C=O) groups excluding carboxylic acids is 2. The van der Waals surface area contributed by atoms with Gasteiger partial charge in [0.25, 0.3) is 11.8 Å². The Labute approximate surface area is 177 Å². The van der Waals surface area contributed by atoms with Crippen LogP contribution in [0.1, 0.15) is 48.0 Å². The molecule has 28 heavy (non-hydrogen) atoms. The molecule has 1 aliphatic rings. The Morgan fingerprint density at radius 2 is 1.96 bits per heavy atom. The molecular formula is C21H25BrN2O3S. The zero-order chi connectivity index (χ0) is 20.5. The molecule has 1 atom stereocenters. The topological polar surface area (TPSA) is 81.4 Å². The van der Waals surface area contributed by atoms with Crippen molar-refractivity contribution in [3.05, 3.63) is 44.7 Å². The maximum absolute atomic E-state index is 12.4. The summed E-state index contributed by atoms with van der Waals surface area (Å²) < 4.78 is 6.45. The molecule has 5 nitrogen and oxygen atoms in total. The molecule has 0 saturated carbocycles. The van der Waals surface area contributed by atoms with Gasteiger partial charge in [-0.25, -0.2) is 0 Å². The Hall–Kier alpha value is -1.86. The SMILES string of the molecule is CC(C)(C)C1CCc2c(sc(NC(=O)COc3ccc(Br)cc3)c2C(N)=O)C1. The van der Waals surface area contributed by atoms with Gasteiger partial charge < -0.3 is 15.8 Å². The van der Waals surface area contributed by atoms with Crippen LogP contribution in [0.5, 0.6) is 5.75 Å². The first-order valence-corrected chi connectivity index (χ1v) is 10.9. The number of nitrogens with one attached hydrogen (secondary N) is 1. The van der Waals surface area contributed by atoms with Gasteiger partial charge in [-0.15, -0.1) is 11.3 Å². The van der Waals surface area contributed by atoms with Crippen molar-refractivity contribution in [1.29, 1.82) is 0 Å². The first kappa shape index (κ1) is 20.9. The fraction of sp³-hybridized carbons (Fsp3) is 0.429. The molecule has 0 saturated heterocycles. The average molecular weight is 465 g/mol. The summed E-state index contributed by atoms with van der Waals surface area (Å²) in [6, 6.07) is 7.25. The van der Waals surface area contributed by atoms with Crippen LogP contribution in [0, 0.1) is 11.3 Å². The Morgan fingerprint density at radius 3 is 2.57 bits per heavy atom. The van der Waals surface area contributed by atoms with Crippen molar-refractivity contribution in [1.82, 2.24) is 0 Å². The molecule has 0 radical (unpaired) electrons. The van der Waals surface area contributed by atoms with E-state index in [0.29, 0.717) is 22.2 Å². The molecule has 1 unspecified atom stereocenters. The Balaban J connectivity index is 1.73. The lowest BCUT2D eigenvalue weighted by molar-refractivity contribution is -0.118. The number of anilines is 1. The van der Waals surface area contributed by atoms with E-state index in [2.05, 4.69) is 42.0 Å². The number of fused-ring (bicyclic) bond motifs is 1. The van der Waals surface area contributed by atoms with E-state index in [0.717, 1.165) is 34.2 Å². The third kappa shape index (κ3) is 4.75. The van der Waals surface area contributed by atoms with Gasteiger partial charge in [-0.05, 0) is 60.4 Å². The zero-order valence-corrected chi connectivity index (χ0v) is 18.7. The van der Waals surface area contributed by atoms with Crippen molar-refractivity contribution >= 4 is 44.1 Å². The molecule has 150 valence electrons. The van der Waals surface area contributed by atoms with E-state index in [4.69, 9.17) is 10.5 Å². The second-order valence-corrected chi connectivity index (χ2v) is 10.2. The molecule has 7 heteroatoms. The van der Waals surface area contributed by atoms with Gasteiger partial charge in [0.1, 0.15) is 10.8 Å². The summed E-state index contributed by atoms with van der Waals surface area (Å²) in [6.45, 7) is 6.60. The lowest BCUT2D eigenvalue weighted by atomic mass is 9.72. The minimum absolute atomic E-state index is 0.132. The Bertz CT molecular complexity index is 884. The molecular weight excluding hydrogens is 440 g/mol. The third-order valence-electron chi connectivity index (χ3n) is 5.17. The van der Waals surface area contributed by atoms with Crippen LogP contribution < -0.4 is 15.8 Å². The normalized spacial score (nSPS) is 16.4. The van der Waals surface area contributed by atoms with Gasteiger partial charge >= 0.3 is 0 Å². The Morgan fingerprint density at radius 1 is 1.29 bits per heavy atom. The van der Waals surface area contributed by atoms with E-state index in [-0.39, 0.29) is 17.9 Å². The van der Waals surface area contributed by atoms with E-state index in [9.17, 15) is 9.59 Å². The van der Waals surface area contributed by atoms with Crippen LogP contribution in [0.3, 0.4) is 0 Å². The first-order valence-electron chi connectivity index (χ1n) is 9.27. The van der Waals surface area contributed by atoms with Crippen LogP contribution in [-0.4, -0.2) is 18.4 Å². The number of ether oxygens (including phenoxy) is 1. The highest BCUT2D eigenvalue weighted by Crippen LogP contribution is 2.44. The number of benzene rings is 1. The highest BCUT2D eigenvalue weighted by Gasteiger charge is 2.33. The number of hydrogen-bond acceptors (Lipinski definition) is 4. The largest absolute Gasteiger partial charge is 0.484 e. The van der Waals surface area contributed by atoms with E-state index < -0.39 is 5.91 Å². The molecule has 1 aromatic carbocycles. The molecule has 2 aromatic rings. The van der Waals surface area contributed by atoms with Crippen molar-refractivity contribution in [3.8, 4) is 5.75 Å². The van der Waals surface area contributed by atoms with Gasteiger partial charge in [-0.1, -0.05) is 36.7 Å². The number of primary amides is 1. The predicted octanol–water partition coefficient (Wildman–Crippen LogP) is 4.78. The summed E-state index contributed by atoms with van der Waals surface area (Å²) in [6.07, 6.45) is 2.75. The standard InChI is InChI=1S/C21H25BrN2O3S/c1-21(2,3)12-4-9-15-16(10-12)28-20(18(15)19(23)26)24-17(25)11-27-14-7-5-13(22)6-8-14/h5-8,12H,4,9-11H2,1-3H3,(H2,23,26)(H,24,25). The molecule has 1 heterocycles. The van der Waals surface area contributed by atoms with Gasteiger partial charge in [0.2, 0.25) is 0 Å². The maximum atomic E-state index is 12.4. The Kier molecular flexibility index (Phi) is 6.15. The fourth-order valence-corrected chi connectivity index (χ4v) is 5.13. The summed E-state index contributed by atoms with van der Waals surface area (Å²) >= 11 is 4.83. The minimum atomic E-state index is -0.490.